The van der Waals surface area contributed by atoms with E-state index in [1.807, 2.05) is 60.7 Å². The largest absolute Gasteiger partial charge is 0.302 e. The van der Waals surface area contributed by atoms with Crippen molar-refractivity contribution in [3.8, 4) is 0 Å². The van der Waals surface area contributed by atoms with Crippen LogP contribution in [0.3, 0.4) is 0 Å². The van der Waals surface area contributed by atoms with Gasteiger partial charge in [0.25, 0.3) is 0 Å². The molecule has 0 aliphatic carbocycles. The van der Waals surface area contributed by atoms with Crippen LogP contribution in [-0.2, 0) is 10.2 Å². The van der Waals surface area contributed by atoms with Gasteiger partial charge in [0.2, 0.25) is 5.91 Å². The van der Waals surface area contributed by atoms with E-state index >= 15 is 0 Å². The molecule has 31 heavy (non-hydrogen) atoms. The summed E-state index contributed by atoms with van der Waals surface area (Å²) in [4.78, 5) is 15.7. The highest BCUT2D eigenvalue weighted by Crippen LogP contribution is 2.57. The van der Waals surface area contributed by atoms with Gasteiger partial charge < -0.3 is 4.90 Å². The minimum atomic E-state index is -1.10. The predicted octanol–water partition coefficient (Wildman–Crippen LogP) is 6.04. The number of rotatable bonds is 4. The molecule has 0 saturated carbocycles. The molecule has 2 nitrogen and oxygen atoms in total. The lowest BCUT2D eigenvalue weighted by Crippen LogP contribution is -2.67. The van der Waals surface area contributed by atoms with Crippen molar-refractivity contribution in [1.82, 2.24) is 0 Å². The van der Waals surface area contributed by atoms with Crippen molar-refractivity contribution < 1.29 is 13.6 Å². The van der Waals surface area contributed by atoms with Crippen LogP contribution in [0.25, 0.3) is 0 Å². The van der Waals surface area contributed by atoms with Crippen LogP contribution in [0.2, 0.25) is 0 Å². The Bertz CT molecular complexity index is 1160. The van der Waals surface area contributed by atoms with Crippen molar-refractivity contribution in [3.63, 3.8) is 0 Å². The summed E-state index contributed by atoms with van der Waals surface area (Å²) < 4.78 is 27.5. The molecule has 0 spiro atoms. The van der Waals surface area contributed by atoms with Crippen LogP contribution < -0.4 is 4.90 Å². The molecule has 4 heteroatoms. The Hall–Kier alpha value is -3.79. The minimum absolute atomic E-state index is 0.134. The summed E-state index contributed by atoms with van der Waals surface area (Å²) in [5, 5.41) is 0. The Morgan fingerprint density at radius 2 is 1.06 bits per heavy atom. The number of carbonyl (C=O) groups excluding carboxylic acids is 1. The van der Waals surface area contributed by atoms with Gasteiger partial charge in [-0.2, -0.15) is 0 Å². The molecule has 4 aromatic carbocycles. The lowest BCUT2D eigenvalue weighted by atomic mass is 9.59. The topological polar surface area (TPSA) is 20.3 Å². The summed E-state index contributed by atoms with van der Waals surface area (Å²) in [5.41, 5.74) is 1.97. The van der Waals surface area contributed by atoms with Crippen molar-refractivity contribution in [2.75, 3.05) is 4.90 Å². The fourth-order valence-electron chi connectivity index (χ4n) is 4.60. The molecule has 4 aromatic rings. The lowest BCUT2D eigenvalue weighted by Gasteiger charge is -2.57. The van der Waals surface area contributed by atoms with Crippen LogP contribution in [0.1, 0.15) is 22.7 Å². The van der Waals surface area contributed by atoms with Gasteiger partial charge in [0, 0.05) is 5.69 Å². The Balaban J connectivity index is 1.78. The first-order valence-corrected chi connectivity index (χ1v) is 10.1. The summed E-state index contributed by atoms with van der Waals surface area (Å²) in [6.07, 6.45) is 0. The molecule has 152 valence electrons. The normalized spacial score (nSPS) is 17.3. The molecule has 1 saturated heterocycles. The fourth-order valence-corrected chi connectivity index (χ4v) is 4.60. The monoisotopic (exact) mass is 411 g/mol. The second-order valence-electron chi connectivity index (χ2n) is 7.65. The van der Waals surface area contributed by atoms with Gasteiger partial charge in [-0.05, 0) is 53.1 Å². The highest BCUT2D eigenvalue weighted by atomic mass is 19.1. The van der Waals surface area contributed by atoms with Crippen molar-refractivity contribution in [2.24, 2.45) is 0 Å². The third-order valence-corrected chi connectivity index (χ3v) is 5.97. The summed E-state index contributed by atoms with van der Waals surface area (Å²) in [5.74, 6) is -0.882. The van der Waals surface area contributed by atoms with Gasteiger partial charge in [0.15, 0.2) is 0 Å². The number of nitrogens with zero attached hydrogens (tertiary/aromatic N) is 1. The highest BCUT2D eigenvalue weighted by Gasteiger charge is 2.63. The second kappa shape index (κ2) is 7.47. The summed E-state index contributed by atoms with van der Waals surface area (Å²) in [7, 11) is 0. The van der Waals surface area contributed by atoms with E-state index in [4.69, 9.17) is 0 Å². The van der Waals surface area contributed by atoms with Gasteiger partial charge in [-0.1, -0.05) is 72.8 Å². The van der Waals surface area contributed by atoms with Crippen LogP contribution in [0.5, 0.6) is 0 Å². The number of benzene rings is 4. The van der Waals surface area contributed by atoms with E-state index in [1.54, 1.807) is 29.2 Å². The third-order valence-electron chi connectivity index (χ3n) is 5.97. The zero-order valence-electron chi connectivity index (χ0n) is 16.6. The summed E-state index contributed by atoms with van der Waals surface area (Å²) in [6, 6.07) is 30.9. The number of carbonyl (C=O) groups is 1. The number of β-lactam (4-membered cyclic amide) rings is 1. The van der Waals surface area contributed by atoms with E-state index in [1.165, 1.54) is 24.3 Å². The highest BCUT2D eigenvalue weighted by molar-refractivity contribution is 6.12. The molecule has 1 amide bonds. The van der Waals surface area contributed by atoms with Gasteiger partial charge in [-0.15, -0.1) is 0 Å². The molecule has 1 heterocycles. The predicted molar refractivity (Wildman–Crippen MR) is 117 cm³/mol. The molecule has 1 unspecified atom stereocenters. The van der Waals surface area contributed by atoms with E-state index in [9.17, 15) is 13.6 Å². The Morgan fingerprint density at radius 3 is 1.55 bits per heavy atom. The number of anilines is 1. The first-order chi connectivity index (χ1) is 15.1. The molecule has 5 rings (SSSR count). The van der Waals surface area contributed by atoms with Crippen LogP contribution >= 0.6 is 0 Å². The first kappa shape index (κ1) is 19.2. The number of halogens is 2. The molecule has 1 fully saturated rings. The van der Waals surface area contributed by atoms with Crippen molar-refractivity contribution in [2.45, 2.75) is 11.5 Å². The van der Waals surface area contributed by atoms with Gasteiger partial charge in [-0.25, -0.2) is 8.78 Å². The molecule has 0 bridgehead atoms. The maximum absolute atomic E-state index is 14.0. The van der Waals surface area contributed by atoms with Crippen LogP contribution in [-0.4, -0.2) is 5.91 Å². The van der Waals surface area contributed by atoms with Crippen LogP contribution in [0, 0.1) is 11.6 Å². The number of para-hydroxylation sites is 1. The van der Waals surface area contributed by atoms with Gasteiger partial charge >= 0.3 is 0 Å². The van der Waals surface area contributed by atoms with E-state index < -0.39 is 5.41 Å². The standard InChI is InChI=1S/C27H19F2NO/c28-22-15-11-20(12-16-22)27(21-13-17-23(29)18-14-21)25(19-7-3-1-4-8-19)30(26(27)31)24-9-5-2-6-10-24/h1-18,25H. The van der Waals surface area contributed by atoms with Crippen molar-refractivity contribution >= 4 is 11.6 Å². The van der Waals surface area contributed by atoms with E-state index in [0.717, 1.165) is 11.3 Å². The zero-order chi connectivity index (χ0) is 21.4. The maximum atomic E-state index is 14.0. The van der Waals surface area contributed by atoms with Gasteiger partial charge in [-0.3, -0.25) is 4.79 Å². The molecular formula is C27H19F2NO. The van der Waals surface area contributed by atoms with Gasteiger partial charge in [0.1, 0.15) is 17.0 Å². The SMILES string of the molecule is O=C1N(c2ccccc2)C(c2ccccc2)C1(c1ccc(F)cc1)c1ccc(F)cc1. The van der Waals surface area contributed by atoms with E-state index in [0.29, 0.717) is 11.1 Å². The fraction of sp³-hybridized carbons (Fsp3) is 0.0741. The average Bonchev–Trinajstić information content (AvgIpc) is 2.81. The molecule has 1 atom stereocenters. The van der Waals surface area contributed by atoms with Crippen molar-refractivity contribution in [3.05, 3.63) is 138 Å². The van der Waals surface area contributed by atoms with Crippen molar-refractivity contribution in [1.29, 1.82) is 0 Å². The number of hydrogen-bond donors (Lipinski definition) is 0. The molecular weight excluding hydrogens is 392 g/mol. The van der Waals surface area contributed by atoms with Crippen LogP contribution in [0.15, 0.2) is 109 Å². The van der Waals surface area contributed by atoms with Crippen LogP contribution in [0.4, 0.5) is 14.5 Å². The Labute approximate surface area is 179 Å². The third kappa shape index (κ3) is 2.95. The van der Waals surface area contributed by atoms with E-state index in [-0.39, 0.29) is 23.6 Å². The molecule has 0 N–H and O–H groups in total. The zero-order valence-corrected chi connectivity index (χ0v) is 16.6. The molecule has 0 radical (unpaired) electrons. The smallest absolute Gasteiger partial charge is 0.245 e. The average molecular weight is 411 g/mol. The minimum Gasteiger partial charge on any atom is -0.302 e. The molecule has 1 aliphatic rings. The lowest BCUT2D eigenvalue weighted by molar-refractivity contribution is -0.131. The Kier molecular flexibility index (Phi) is 4.63. The first-order valence-electron chi connectivity index (χ1n) is 10.1. The number of hydrogen-bond acceptors (Lipinski definition) is 1. The quantitative estimate of drug-likeness (QED) is 0.375. The summed E-state index contributed by atoms with van der Waals surface area (Å²) in [6.45, 7) is 0. The molecule has 0 aromatic heterocycles. The maximum Gasteiger partial charge on any atom is 0.245 e. The number of amides is 1. The molecule has 1 aliphatic heterocycles. The Morgan fingerprint density at radius 1 is 0.613 bits per heavy atom. The summed E-state index contributed by atoms with van der Waals surface area (Å²) >= 11 is 0. The van der Waals surface area contributed by atoms with E-state index in [2.05, 4.69) is 0 Å². The second-order valence-corrected chi connectivity index (χ2v) is 7.65. The van der Waals surface area contributed by atoms with Gasteiger partial charge in [0.05, 0.1) is 6.04 Å².